The Bertz CT molecular complexity index is 691. The Balaban J connectivity index is 2.41. The van der Waals surface area contributed by atoms with Gasteiger partial charge in [-0.05, 0) is 19.3 Å². The van der Waals surface area contributed by atoms with Crippen LogP contribution in [0.5, 0.6) is 0 Å². The molecule has 0 aromatic carbocycles. The highest BCUT2D eigenvalue weighted by atomic mass is 16.7. The van der Waals surface area contributed by atoms with Gasteiger partial charge in [-0.1, -0.05) is 129 Å². The van der Waals surface area contributed by atoms with Crippen molar-refractivity contribution in [2.24, 2.45) is 0 Å². The van der Waals surface area contributed by atoms with Crippen molar-refractivity contribution in [1.82, 2.24) is 5.32 Å². The Morgan fingerprint density at radius 2 is 1.28 bits per heavy atom. The fourth-order valence-corrected chi connectivity index (χ4v) is 5.45. The lowest BCUT2D eigenvalue weighted by Gasteiger charge is -2.40. The molecule has 254 valence electrons. The molecular formula is C34H65NO8. The number of rotatable bonds is 27. The van der Waals surface area contributed by atoms with E-state index in [1.807, 2.05) is 6.08 Å². The van der Waals surface area contributed by atoms with E-state index < -0.39 is 49.5 Å². The normalized spacial score (nSPS) is 23.9. The van der Waals surface area contributed by atoms with Crippen molar-refractivity contribution in [2.75, 3.05) is 13.2 Å². The van der Waals surface area contributed by atoms with E-state index in [2.05, 4.69) is 19.2 Å². The summed E-state index contributed by atoms with van der Waals surface area (Å²) in [6, 6.07) is -0.793. The van der Waals surface area contributed by atoms with Gasteiger partial charge in [-0.2, -0.15) is 0 Å². The average molecular weight is 616 g/mol. The predicted octanol–water partition coefficient (Wildman–Crippen LogP) is 5.05. The van der Waals surface area contributed by atoms with Crippen LogP contribution in [0.2, 0.25) is 0 Å². The Kier molecular flexibility index (Phi) is 24.3. The molecule has 0 aliphatic carbocycles. The maximum Gasteiger partial charge on any atom is 0.220 e. The smallest absolute Gasteiger partial charge is 0.220 e. The van der Waals surface area contributed by atoms with Gasteiger partial charge in [-0.15, -0.1) is 0 Å². The van der Waals surface area contributed by atoms with Gasteiger partial charge in [0.1, 0.15) is 24.4 Å². The van der Waals surface area contributed by atoms with Gasteiger partial charge in [-0.3, -0.25) is 4.79 Å². The lowest BCUT2D eigenvalue weighted by Crippen LogP contribution is -2.60. The number of carbonyl (C=O) groups is 1. The molecule has 0 aromatic rings. The molecule has 43 heavy (non-hydrogen) atoms. The number of unbranched alkanes of at least 4 members (excludes halogenated alkanes) is 17. The molecule has 9 heteroatoms. The topological polar surface area (TPSA) is 149 Å². The van der Waals surface area contributed by atoms with Gasteiger partial charge in [-0.25, -0.2) is 0 Å². The quantitative estimate of drug-likeness (QED) is 0.0556. The zero-order valence-corrected chi connectivity index (χ0v) is 27.2. The summed E-state index contributed by atoms with van der Waals surface area (Å²) in [5.41, 5.74) is 0. The summed E-state index contributed by atoms with van der Waals surface area (Å²) >= 11 is 0. The third-order valence-corrected chi connectivity index (χ3v) is 8.36. The molecule has 7 atom stereocenters. The van der Waals surface area contributed by atoms with E-state index in [-0.39, 0.29) is 12.5 Å². The SMILES string of the molecule is CCCCCC/C=C/C(O)C(COC1OC(CO)C(O)C(O)C1O)NC(=O)CCCCCCCCCCCCCCCC. The number of amides is 1. The highest BCUT2D eigenvalue weighted by Crippen LogP contribution is 2.22. The Hall–Kier alpha value is -1.07. The molecule has 1 amide bonds. The fourth-order valence-electron chi connectivity index (χ4n) is 5.45. The zero-order valence-electron chi connectivity index (χ0n) is 27.2. The molecule has 0 saturated carbocycles. The van der Waals surface area contributed by atoms with Crippen molar-refractivity contribution < 1.29 is 39.8 Å². The van der Waals surface area contributed by atoms with Gasteiger partial charge < -0.3 is 40.3 Å². The second kappa shape index (κ2) is 26.2. The Morgan fingerprint density at radius 3 is 1.81 bits per heavy atom. The van der Waals surface area contributed by atoms with Gasteiger partial charge in [0, 0.05) is 6.42 Å². The van der Waals surface area contributed by atoms with Crippen molar-refractivity contribution in [2.45, 2.75) is 185 Å². The van der Waals surface area contributed by atoms with Crippen LogP contribution in [0, 0.1) is 0 Å². The second-order valence-corrected chi connectivity index (χ2v) is 12.3. The first-order valence-electron chi connectivity index (χ1n) is 17.4. The Morgan fingerprint density at radius 1 is 0.767 bits per heavy atom. The molecule has 9 nitrogen and oxygen atoms in total. The van der Waals surface area contributed by atoms with Crippen LogP contribution in [0.3, 0.4) is 0 Å². The van der Waals surface area contributed by atoms with Gasteiger partial charge in [0.15, 0.2) is 6.29 Å². The highest BCUT2D eigenvalue weighted by molar-refractivity contribution is 5.76. The van der Waals surface area contributed by atoms with Crippen LogP contribution in [0.1, 0.15) is 142 Å². The first-order valence-corrected chi connectivity index (χ1v) is 17.4. The largest absolute Gasteiger partial charge is 0.394 e. The number of nitrogens with one attached hydrogen (secondary N) is 1. The van der Waals surface area contributed by atoms with Crippen molar-refractivity contribution in [3.8, 4) is 0 Å². The van der Waals surface area contributed by atoms with Crippen molar-refractivity contribution in [3.05, 3.63) is 12.2 Å². The molecule has 0 spiro atoms. The molecule has 6 N–H and O–H groups in total. The molecule has 1 aliphatic heterocycles. The van der Waals surface area contributed by atoms with Crippen LogP contribution >= 0.6 is 0 Å². The third-order valence-electron chi connectivity index (χ3n) is 8.36. The monoisotopic (exact) mass is 615 g/mol. The summed E-state index contributed by atoms with van der Waals surface area (Å²) in [5, 5.41) is 53.5. The molecule has 1 heterocycles. The molecule has 0 aromatic heterocycles. The van der Waals surface area contributed by atoms with E-state index in [0.717, 1.165) is 44.9 Å². The summed E-state index contributed by atoms with van der Waals surface area (Å²) in [7, 11) is 0. The highest BCUT2D eigenvalue weighted by Gasteiger charge is 2.44. The molecule has 0 radical (unpaired) electrons. The lowest BCUT2D eigenvalue weighted by atomic mass is 9.99. The van der Waals surface area contributed by atoms with Gasteiger partial charge in [0.05, 0.1) is 25.4 Å². The standard InChI is InChI=1S/C34H65NO8/c1-3-5-7-9-11-12-13-14-15-16-17-18-20-22-24-30(38)35-27(28(37)23-21-19-10-8-6-4-2)26-42-34-33(41)32(40)31(39)29(25-36)43-34/h21,23,27-29,31-34,36-37,39-41H,3-20,22,24-26H2,1-2H3,(H,35,38)/b23-21+. The maximum absolute atomic E-state index is 12.7. The van der Waals surface area contributed by atoms with Crippen molar-refractivity contribution in [3.63, 3.8) is 0 Å². The van der Waals surface area contributed by atoms with E-state index in [1.54, 1.807) is 6.08 Å². The fraction of sp³-hybridized carbons (Fsp3) is 0.912. The summed E-state index contributed by atoms with van der Waals surface area (Å²) < 4.78 is 11.1. The summed E-state index contributed by atoms with van der Waals surface area (Å²) in [6.45, 7) is 3.66. The first-order chi connectivity index (χ1) is 20.8. The van der Waals surface area contributed by atoms with Crippen LogP contribution < -0.4 is 5.32 Å². The number of hydrogen-bond acceptors (Lipinski definition) is 8. The molecule has 1 saturated heterocycles. The summed E-state index contributed by atoms with van der Waals surface area (Å²) in [6.07, 6.45) is 18.6. The summed E-state index contributed by atoms with van der Waals surface area (Å²) in [4.78, 5) is 12.7. The molecular weight excluding hydrogens is 550 g/mol. The predicted molar refractivity (Wildman–Crippen MR) is 170 cm³/mol. The van der Waals surface area contributed by atoms with E-state index in [9.17, 15) is 30.3 Å². The number of hydrogen-bond donors (Lipinski definition) is 6. The molecule has 1 fully saturated rings. The van der Waals surface area contributed by atoms with Crippen LogP contribution in [0.15, 0.2) is 12.2 Å². The van der Waals surface area contributed by atoms with E-state index >= 15 is 0 Å². The van der Waals surface area contributed by atoms with E-state index in [1.165, 1.54) is 77.0 Å². The number of aliphatic hydroxyl groups is 5. The van der Waals surface area contributed by atoms with Crippen LogP contribution in [-0.2, 0) is 14.3 Å². The molecule has 1 aliphatic rings. The van der Waals surface area contributed by atoms with Crippen LogP contribution in [0.25, 0.3) is 0 Å². The van der Waals surface area contributed by atoms with E-state index in [0.29, 0.717) is 6.42 Å². The van der Waals surface area contributed by atoms with Crippen molar-refractivity contribution in [1.29, 1.82) is 0 Å². The average Bonchev–Trinajstić information content (AvgIpc) is 3.00. The van der Waals surface area contributed by atoms with Crippen LogP contribution in [-0.4, -0.2) is 87.5 Å². The lowest BCUT2D eigenvalue weighted by molar-refractivity contribution is -0.302. The van der Waals surface area contributed by atoms with Crippen LogP contribution in [0.4, 0.5) is 0 Å². The number of aliphatic hydroxyl groups excluding tert-OH is 5. The number of allylic oxidation sites excluding steroid dienone is 1. The minimum absolute atomic E-state index is 0.184. The summed E-state index contributed by atoms with van der Waals surface area (Å²) in [5.74, 6) is -0.184. The minimum Gasteiger partial charge on any atom is -0.394 e. The first kappa shape index (κ1) is 40.0. The van der Waals surface area contributed by atoms with E-state index in [4.69, 9.17) is 9.47 Å². The third kappa shape index (κ3) is 18.5. The Labute approximate surface area is 261 Å². The number of carbonyl (C=O) groups excluding carboxylic acids is 1. The second-order valence-electron chi connectivity index (χ2n) is 12.3. The van der Waals surface area contributed by atoms with Gasteiger partial charge in [0.25, 0.3) is 0 Å². The maximum atomic E-state index is 12.7. The number of ether oxygens (including phenoxy) is 2. The van der Waals surface area contributed by atoms with Gasteiger partial charge >= 0.3 is 0 Å². The van der Waals surface area contributed by atoms with Gasteiger partial charge in [0.2, 0.25) is 5.91 Å². The molecule has 7 unspecified atom stereocenters. The minimum atomic E-state index is -1.56. The van der Waals surface area contributed by atoms with Crippen molar-refractivity contribution >= 4 is 5.91 Å². The zero-order chi connectivity index (χ0) is 31.7. The molecule has 0 bridgehead atoms. The molecule has 1 rings (SSSR count).